The summed E-state index contributed by atoms with van der Waals surface area (Å²) in [6, 6.07) is 26.9. The maximum atomic E-state index is 14.0. The van der Waals surface area contributed by atoms with Gasteiger partial charge in [0.25, 0.3) is 0 Å². The summed E-state index contributed by atoms with van der Waals surface area (Å²) < 4.78 is 6.00. The predicted octanol–water partition coefficient (Wildman–Crippen LogP) is 9.21. The van der Waals surface area contributed by atoms with E-state index >= 15 is 0 Å². The van der Waals surface area contributed by atoms with Crippen LogP contribution in [0.3, 0.4) is 0 Å². The second kappa shape index (κ2) is 12.1. The van der Waals surface area contributed by atoms with Gasteiger partial charge in [0, 0.05) is 23.0 Å². The van der Waals surface area contributed by atoms with Crippen LogP contribution in [0.25, 0.3) is 0 Å². The van der Waals surface area contributed by atoms with Crippen LogP contribution in [0.15, 0.2) is 84.9 Å². The van der Waals surface area contributed by atoms with Crippen molar-refractivity contribution in [1.29, 1.82) is 0 Å². The molecule has 4 aromatic carbocycles. The molecular formula is C38H42O5. The Morgan fingerprint density at radius 2 is 1.21 bits per heavy atom. The number of ether oxygens (including phenoxy) is 1. The van der Waals surface area contributed by atoms with Gasteiger partial charge in [-0.15, -0.1) is 0 Å². The molecule has 2 atom stereocenters. The molecule has 0 heterocycles. The first-order valence-corrected chi connectivity index (χ1v) is 14.7. The van der Waals surface area contributed by atoms with Gasteiger partial charge in [0.1, 0.15) is 22.6 Å². The van der Waals surface area contributed by atoms with Crippen LogP contribution < -0.4 is 4.74 Å². The Hall–Kier alpha value is -4.38. The van der Waals surface area contributed by atoms with E-state index in [9.17, 15) is 19.8 Å². The van der Waals surface area contributed by atoms with Gasteiger partial charge in [-0.2, -0.15) is 0 Å². The summed E-state index contributed by atoms with van der Waals surface area (Å²) in [5, 5.41) is 21.8. The molecule has 2 unspecified atom stereocenters. The summed E-state index contributed by atoms with van der Waals surface area (Å²) in [6.45, 7) is 15.9. The molecular weight excluding hydrogens is 536 g/mol. The monoisotopic (exact) mass is 578 g/mol. The number of rotatable bonds is 7. The van der Waals surface area contributed by atoms with Crippen molar-refractivity contribution < 1.29 is 24.5 Å². The number of hydrogen-bond donors (Lipinski definition) is 2. The third-order valence-corrected chi connectivity index (χ3v) is 8.14. The van der Waals surface area contributed by atoms with Crippen molar-refractivity contribution in [2.45, 2.75) is 78.1 Å². The molecule has 0 radical (unpaired) electrons. The van der Waals surface area contributed by atoms with E-state index in [2.05, 4.69) is 6.92 Å². The molecule has 0 bridgehead atoms. The van der Waals surface area contributed by atoms with Gasteiger partial charge < -0.3 is 14.9 Å². The minimum Gasteiger partial charge on any atom is -0.507 e. The average molecular weight is 579 g/mol. The van der Waals surface area contributed by atoms with Crippen LogP contribution in [0.4, 0.5) is 0 Å². The van der Waals surface area contributed by atoms with Crippen molar-refractivity contribution in [3.63, 3.8) is 0 Å². The quantitative estimate of drug-likeness (QED) is 0.169. The third kappa shape index (κ3) is 6.83. The summed E-state index contributed by atoms with van der Waals surface area (Å²) in [5.74, 6) is -2.48. The number of carbonyl (C=O) groups excluding carboxylic acids is 1. The summed E-state index contributed by atoms with van der Waals surface area (Å²) in [7, 11) is 0. The highest BCUT2D eigenvalue weighted by atomic mass is 16.5. The predicted molar refractivity (Wildman–Crippen MR) is 172 cm³/mol. The fraction of sp³-hybridized carbons (Fsp3) is 0.316. The normalized spacial score (nSPS) is 13.3. The zero-order chi connectivity index (χ0) is 31.7. The molecule has 0 amide bonds. The molecule has 0 aliphatic rings. The zero-order valence-electron chi connectivity index (χ0n) is 26.4. The van der Waals surface area contributed by atoms with Crippen molar-refractivity contribution in [2.75, 3.05) is 0 Å². The first-order valence-electron chi connectivity index (χ1n) is 14.7. The molecule has 5 nitrogen and oxygen atoms in total. The van der Waals surface area contributed by atoms with Crippen molar-refractivity contribution in [3.8, 4) is 11.5 Å². The number of carbonyl (C=O) groups is 2. The lowest BCUT2D eigenvalue weighted by Crippen LogP contribution is -2.22. The third-order valence-electron chi connectivity index (χ3n) is 8.14. The number of benzene rings is 4. The Kier molecular flexibility index (Phi) is 8.87. The molecule has 0 spiro atoms. The number of carboxylic acids is 1. The lowest BCUT2D eigenvalue weighted by atomic mass is 9.79. The van der Waals surface area contributed by atoms with Crippen molar-refractivity contribution in [2.24, 2.45) is 0 Å². The minimum absolute atomic E-state index is 0.00318. The van der Waals surface area contributed by atoms with E-state index in [-0.39, 0.29) is 39.9 Å². The summed E-state index contributed by atoms with van der Waals surface area (Å²) in [4.78, 5) is 26.5. The van der Waals surface area contributed by atoms with Crippen LogP contribution in [0.5, 0.6) is 11.5 Å². The minimum atomic E-state index is -1.19. The lowest BCUT2D eigenvalue weighted by molar-refractivity contribution is 0.0679. The lowest BCUT2D eigenvalue weighted by Gasteiger charge is -2.28. The largest absolute Gasteiger partial charge is 0.507 e. The molecule has 0 aliphatic heterocycles. The highest BCUT2D eigenvalue weighted by molar-refractivity contribution is 5.98. The van der Waals surface area contributed by atoms with E-state index in [1.54, 1.807) is 12.1 Å². The van der Waals surface area contributed by atoms with E-state index in [1.807, 2.05) is 121 Å². The fourth-order valence-corrected chi connectivity index (χ4v) is 5.31. The number of phenols is 1. The topological polar surface area (TPSA) is 83.8 Å². The molecule has 0 aromatic heterocycles. The van der Waals surface area contributed by atoms with Gasteiger partial charge in [0.05, 0.1) is 0 Å². The Labute approximate surface area is 255 Å². The highest BCUT2D eigenvalue weighted by Crippen LogP contribution is 2.41. The maximum absolute atomic E-state index is 14.0. The first kappa shape index (κ1) is 31.6. The van der Waals surface area contributed by atoms with E-state index < -0.39 is 17.4 Å². The van der Waals surface area contributed by atoms with Crippen molar-refractivity contribution in [3.05, 3.63) is 129 Å². The molecule has 5 heteroatoms. The maximum Gasteiger partial charge on any atom is 0.347 e. The molecule has 224 valence electrons. The highest BCUT2D eigenvalue weighted by Gasteiger charge is 2.31. The van der Waals surface area contributed by atoms with Crippen molar-refractivity contribution >= 4 is 11.9 Å². The second-order valence-electron chi connectivity index (χ2n) is 13.4. The molecule has 0 fully saturated rings. The fourth-order valence-electron chi connectivity index (χ4n) is 5.31. The van der Waals surface area contributed by atoms with Crippen LogP contribution in [-0.2, 0) is 10.8 Å². The molecule has 2 N–H and O–H groups in total. The molecule has 4 aromatic rings. The van der Waals surface area contributed by atoms with Gasteiger partial charge in [-0.1, -0.05) is 128 Å². The van der Waals surface area contributed by atoms with Gasteiger partial charge in [-0.3, -0.25) is 0 Å². The second-order valence-corrected chi connectivity index (χ2v) is 13.4. The van der Waals surface area contributed by atoms with E-state index in [0.29, 0.717) is 11.1 Å². The number of hydrogen-bond acceptors (Lipinski definition) is 4. The van der Waals surface area contributed by atoms with Crippen LogP contribution in [-0.4, -0.2) is 22.2 Å². The van der Waals surface area contributed by atoms with E-state index in [0.717, 1.165) is 22.3 Å². The number of esters is 1. The van der Waals surface area contributed by atoms with E-state index in [1.165, 1.54) is 0 Å². The Balaban J connectivity index is 1.90. The summed E-state index contributed by atoms with van der Waals surface area (Å²) in [6.07, 6.45) is 0. The van der Waals surface area contributed by atoms with Crippen LogP contribution in [0, 0.1) is 0 Å². The Morgan fingerprint density at radius 3 is 1.70 bits per heavy atom. The van der Waals surface area contributed by atoms with Crippen LogP contribution >= 0.6 is 0 Å². The van der Waals surface area contributed by atoms with Gasteiger partial charge in [-0.05, 0) is 45.2 Å². The Bertz CT molecular complexity index is 1620. The molecule has 4 rings (SSSR count). The van der Waals surface area contributed by atoms with Gasteiger partial charge in [0.15, 0.2) is 0 Å². The van der Waals surface area contributed by atoms with Gasteiger partial charge in [-0.25, -0.2) is 9.59 Å². The van der Waals surface area contributed by atoms with E-state index in [4.69, 9.17) is 4.74 Å². The number of aromatic hydroxyl groups is 1. The average Bonchev–Trinajstić information content (AvgIpc) is 2.96. The zero-order valence-corrected chi connectivity index (χ0v) is 26.4. The van der Waals surface area contributed by atoms with Gasteiger partial charge in [0.2, 0.25) is 0 Å². The molecule has 0 aliphatic carbocycles. The number of aromatic carboxylic acids is 1. The summed E-state index contributed by atoms with van der Waals surface area (Å²) >= 11 is 0. The summed E-state index contributed by atoms with van der Waals surface area (Å²) in [5.41, 5.74) is 3.98. The number of carboxylic acid groups (broad SMARTS) is 1. The first-order chi connectivity index (χ1) is 20.1. The Morgan fingerprint density at radius 1 is 0.674 bits per heavy atom. The van der Waals surface area contributed by atoms with Gasteiger partial charge >= 0.3 is 11.9 Å². The SMILES string of the molecule is CC(c1ccccc1)c1cc(C(=O)Oc2c(C(=O)O)cc(C(C)(C)C)cc2C(C)(C)C)c(O)c(C(C)c2ccccc2)c1. The molecule has 0 saturated carbocycles. The van der Waals surface area contributed by atoms with Crippen LogP contribution in [0.1, 0.15) is 121 Å². The molecule has 43 heavy (non-hydrogen) atoms. The van der Waals surface area contributed by atoms with Crippen molar-refractivity contribution in [1.82, 2.24) is 0 Å². The number of phenolic OH excluding ortho intramolecular Hbond substituents is 1. The molecule has 0 saturated heterocycles. The van der Waals surface area contributed by atoms with Crippen LogP contribution in [0.2, 0.25) is 0 Å². The smallest absolute Gasteiger partial charge is 0.347 e. The standard InChI is InChI=1S/C38H42O5/c1-23(25-15-11-9-12-16-25)27-19-29(24(2)26-17-13-10-14-18-26)33(39)30(20-27)36(42)43-34-31(35(40)41)21-28(37(3,4)5)22-32(34)38(6,7)8/h9-24,39H,1-8H3,(H,40,41).